The van der Waals surface area contributed by atoms with Crippen LogP contribution in [0.25, 0.3) is 0 Å². The van der Waals surface area contributed by atoms with Gasteiger partial charge in [-0.05, 0) is 24.8 Å². The van der Waals surface area contributed by atoms with E-state index in [2.05, 4.69) is 20.2 Å². The highest BCUT2D eigenvalue weighted by molar-refractivity contribution is 7.99. The minimum absolute atomic E-state index is 0.211. The van der Waals surface area contributed by atoms with Gasteiger partial charge in [0.05, 0.1) is 0 Å². The van der Waals surface area contributed by atoms with Crippen molar-refractivity contribution < 1.29 is 0 Å². The van der Waals surface area contributed by atoms with Crippen LogP contribution in [0.15, 0.2) is 21.0 Å². The molecule has 7 nitrogen and oxygen atoms in total. The van der Waals surface area contributed by atoms with Crippen LogP contribution in [0.1, 0.15) is 5.69 Å². The zero-order valence-electron chi connectivity index (χ0n) is 8.76. The van der Waals surface area contributed by atoms with Crippen LogP contribution in [0.4, 0.5) is 5.95 Å². The zero-order valence-corrected chi connectivity index (χ0v) is 9.58. The SMILES string of the molecule is Cc1cc(Sc2n[nH]c(=O)n2C)nc(N)n1. The van der Waals surface area contributed by atoms with Crippen LogP contribution < -0.4 is 11.4 Å². The third-order valence-corrected chi connectivity index (χ3v) is 2.85. The predicted molar refractivity (Wildman–Crippen MR) is 59.1 cm³/mol. The summed E-state index contributed by atoms with van der Waals surface area (Å²) in [6.07, 6.45) is 0. The van der Waals surface area contributed by atoms with E-state index < -0.39 is 0 Å². The molecule has 84 valence electrons. The first-order valence-corrected chi connectivity index (χ1v) is 5.28. The molecule has 0 aliphatic heterocycles. The van der Waals surface area contributed by atoms with Gasteiger partial charge in [0.2, 0.25) is 5.95 Å². The molecule has 16 heavy (non-hydrogen) atoms. The van der Waals surface area contributed by atoms with Crippen molar-refractivity contribution in [3.05, 3.63) is 22.2 Å². The smallest absolute Gasteiger partial charge is 0.343 e. The molecule has 0 amide bonds. The maximum Gasteiger partial charge on any atom is 0.343 e. The Kier molecular flexibility index (Phi) is 2.65. The van der Waals surface area contributed by atoms with E-state index in [9.17, 15) is 4.79 Å². The van der Waals surface area contributed by atoms with Gasteiger partial charge in [0, 0.05) is 12.7 Å². The lowest BCUT2D eigenvalue weighted by Crippen LogP contribution is -2.12. The number of aromatic amines is 1. The summed E-state index contributed by atoms with van der Waals surface area (Å²) in [6, 6.07) is 1.78. The van der Waals surface area contributed by atoms with Crippen molar-refractivity contribution in [3.63, 3.8) is 0 Å². The van der Waals surface area contributed by atoms with Gasteiger partial charge in [0.25, 0.3) is 0 Å². The molecule has 0 aromatic carbocycles. The molecule has 3 N–H and O–H groups in total. The number of nitrogens with zero attached hydrogens (tertiary/aromatic N) is 4. The molecule has 0 atom stereocenters. The summed E-state index contributed by atoms with van der Waals surface area (Å²) in [5, 5.41) is 7.39. The van der Waals surface area contributed by atoms with E-state index in [0.717, 1.165) is 5.69 Å². The first-order valence-electron chi connectivity index (χ1n) is 4.46. The van der Waals surface area contributed by atoms with Crippen molar-refractivity contribution in [2.24, 2.45) is 7.05 Å². The van der Waals surface area contributed by atoms with Crippen molar-refractivity contribution in [2.45, 2.75) is 17.1 Å². The predicted octanol–water partition coefficient (Wildman–Crippen LogP) is -0.0598. The van der Waals surface area contributed by atoms with Gasteiger partial charge >= 0.3 is 5.69 Å². The fourth-order valence-electron chi connectivity index (χ4n) is 1.13. The summed E-state index contributed by atoms with van der Waals surface area (Å²) >= 11 is 1.25. The van der Waals surface area contributed by atoms with Crippen molar-refractivity contribution in [2.75, 3.05) is 5.73 Å². The maximum atomic E-state index is 11.1. The molecule has 0 bridgehead atoms. The average molecular weight is 238 g/mol. The molecule has 2 aromatic heterocycles. The second-order valence-corrected chi connectivity index (χ2v) is 4.17. The van der Waals surface area contributed by atoms with Crippen LogP contribution in [0.5, 0.6) is 0 Å². The van der Waals surface area contributed by atoms with Crippen LogP contribution in [-0.2, 0) is 7.05 Å². The fraction of sp³-hybridized carbons (Fsp3) is 0.250. The van der Waals surface area contributed by atoms with Crippen molar-refractivity contribution in [3.8, 4) is 0 Å². The quantitative estimate of drug-likeness (QED) is 0.710. The Hall–Kier alpha value is -1.83. The van der Waals surface area contributed by atoms with Gasteiger partial charge in [-0.15, -0.1) is 5.10 Å². The summed E-state index contributed by atoms with van der Waals surface area (Å²) in [4.78, 5) is 19.1. The van der Waals surface area contributed by atoms with Crippen molar-refractivity contribution in [1.82, 2.24) is 24.7 Å². The Bertz CT molecular complexity index is 554. The van der Waals surface area contributed by atoms with E-state index in [-0.39, 0.29) is 11.6 Å². The molecule has 2 rings (SSSR count). The lowest BCUT2D eigenvalue weighted by Gasteiger charge is -2.01. The summed E-state index contributed by atoms with van der Waals surface area (Å²) in [5.74, 6) is 0.211. The number of aryl methyl sites for hydroxylation is 1. The Labute approximate surface area is 95.1 Å². The summed E-state index contributed by atoms with van der Waals surface area (Å²) in [6.45, 7) is 1.83. The molecule has 0 saturated heterocycles. The van der Waals surface area contributed by atoms with Crippen LogP contribution >= 0.6 is 11.8 Å². The molecule has 0 aliphatic rings. The van der Waals surface area contributed by atoms with Crippen LogP contribution in [-0.4, -0.2) is 24.7 Å². The topological polar surface area (TPSA) is 102 Å². The molecule has 0 spiro atoms. The maximum absolute atomic E-state index is 11.1. The monoisotopic (exact) mass is 238 g/mol. The third-order valence-electron chi connectivity index (χ3n) is 1.88. The van der Waals surface area contributed by atoms with E-state index in [1.165, 1.54) is 16.3 Å². The van der Waals surface area contributed by atoms with Gasteiger partial charge in [-0.2, -0.15) is 0 Å². The van der Waals surface area contributed by atoms with Crippen molar-refractivity contribution in [1.29, 1.82) is 0 Å². The van der Waals surface area contributed by atoms with Crippen LogP contribution in [0.2, 0.25) is 0 Å². The molecule has 0 saturated carbocycles. The molecule has 0 aliphatic carbocycles. The van der Waals surface area contributed by atoms with E-state index in [1.54, 1.807) is 13.1 Å². The summed E-state index contributed by atoms with van der Waals surface area (Å²) < 4.78 is 1.40. The molecular weight excluding hydrogens is 228 g/mol. The number of nitrogens with one attached hydrogen (secondary N) is 1. The summed E-state index contributed by atoms with van der Waals surface area (Å²) in [7, 11) is 1.63. The Morgan fingerprint density at radius 2 is 2.25 bits per heavy atom. The van der Waals surface area contributed by atoms with E-state index in [1.807, 2.05) is 6.92 Å². The normalized spacial score (nSPS) is 10.6. The summed E-state index contributed by atoms with van der Waals surface area (Å²) in [5.41, 5.74) is 6.03. The number of hydrogen-bond acceptors (Lipinski definition) is 6. The Balaban J connectivity index is 2.34. The highest BCUT2D eigenvalue weighted by Crippen LogP contribution is 2.23. The third kappa shape index (κ3) is 2.06. The van der Waals surface area contributed by atoms with E-state index in [0.29, 0.717) is 10.2 Å². The number of nitrogen functional groups attached to an aromatic ring is 1. The number of anilines is 1. The largest absolute Gasteiger partial charge is 0.368 e. The molecule has 8 heteroatoms. The standard InChI is InChI=1S/C8H10N6OS/c1-4-3-5(11-6(9)10-4)16-8-13-12-7(15)14(8)2/h3H,1-2H3,(H,12,15)(H2,9,10,11). The number of H-pyrrole nitrogens is 1. The molecule has 2 heterocycles. The van der Waals surface area contributed by atoms with Crippen LogP contribution in [0.3, 0.4) is 0 Å². The highest BCUT2D eigenvalue weighted by atomic mass is 32.2. The first-order chi connectivity index (χ1) is 7.56. The second kappa shape index (κ2) is 3.97. The van der Waals surface area contributed by atoms with Gasteiger partial charge < -0.3 is 5.73 Å². The lowest BCUT2D eigenvalue weighted by molar-refractivity contribution is 0.764. The minimum Gasteiger partial charge on any atom is -0.368 e. The molecule has 2 aromatic rings. The van der Waals surface area contributed by atoms with E-state index in [4.69, 9.17) is 5.73 Å². The fourth-order valence-corrected chi connectivity index (χ4v) is 2.00. The second-order valence-electron chi connectivity index (χ2n) is 3.18. The number of hydrogen-bond donors (Lipinski definition) is 2. The number of rotatable bonds is 2. The Morgan fingerprint density at radius 3 is 2.81 bits per heavy atom. The molecule has 0 fully saturated rings. The zero-order chi connectivity index (χ0) is 11.7. The molecular formula is C8H10N6OS. The van der Waals surface area contributed by atoms with Gasteiger partial charge in [-0.25, -0.2) is 19.9 Å². The Morgan fingerprint density at radius 1 is 1.50 bits per heavy atom. The van der Waals surface area contributed by atoms with Gasteiger partial charge in [0.15, 0.2) is 5.16 Å². The highest BCUT2D eigenvalue weighted by Gasteiger charge is 2.08. The number of nitrogens with two attached hydrogens (primary N) is 1. The lowest BCUT2D eigenvalue weighted by atomic mass is 10.5. The average Bonchev–Trinajstić information content (AvgIpc) is 2.48. The van der Waals surface area contributed by atoms with E-state index >= 15 is 0 Å². The van der Waals surface area contributed by atoms with Gasteiger partial charge in [-0.3, -0.25) is 4.57 Å². The first kappa shape index (κ1) is 10.7. The molecule has 0 unspecified atom stereocenters. The minimum atomic E-state index is -0.263. The van der Waals surface area contributed by atoms with Crippen LogP contribution in [0, 0.1) is 6.92 Å². The van der Waals surface area contributed by atoms with Crippen molar-refractivity contribution >= 4 is 17.7 Å². The van der Waals surface area contributed by atoms with Gasteiger partial charge in [0.1, 0.15) is 5.03 Å². The van der Waals surface area contributed by atoms with Gasteiger partial charge in [-0.1, -0.05) is 0 Å². The number of aromatic nitrogens is 5. The molecule has 0 radical (unpaired) electrons.